The summed E-state index contributed by atoms with van der Waals surface area (Å²) in [6.45, 7) is 0. The summed E-state index contributed by atoms with van der Waals surface area (Å²) in [4.78, 5) is 0. The first-order chi connectivity index (χ1) is 33.2. The van der Waals surface area contributed by atoms with Crippen LogP contribution in [0, 0.1) is 0 Å². The Balaban J connectivity index is 0.970. The minimum absolute atomic E-state index is 0.164. The molecule has 0 N–H and O–H groups in total. The van der Waals surface area contributed by atoms with Gasteiger partial charge in [0, 0.05) is 0 Å². The maximum absolute atomic E-state index is 6.29. The van der Waals surface area contributed by atoms with Gasteiger partial charge in [-0.1, -0.05) is 30.3 Å². The summed E-state index contributed by atoms with van der Waals surface area (Å²) in [5.74, 6) is 0. The Kier molecular flexibility index (Phi) is 7.83. The summed E-state index contributed by atoms with van der Waals surface area (Å²) in [6.07, 6.45) is 0. The van der Waals surface area contributed by atoms with Crippen molar-refractivity contribution in [3.05, 3.63) is 218 Å². The van der Waals surface area contributed by atoms with Crippen molar-refractivity contribution in [3.63, 3.8) is 0 Å². The van der Waals surface area contributed by atoms with Gasteiger partial charge in [-0.05, 0) is 12.1 Å². The SMILES string of the molecule is c1ccc2c(c1)oc1ccc(-c3c4ccccc4c(-c4ccc5[se]c6cccc(-c7c8ccccc8c(-c8ccc9oc%10ccccc%10c9c8)c8ccccc78)c6c5c4)c4ccccc34)cc12. The normalized spacial score (nSPS) is 12.2. The van der Waals surface area contributed by atoms with Gasteiger partial charge in [-0.25, -0.2) is 0 Å². The molecular weight excluding hydrogens is 880 g/mol. The summed E-state index contributed by atoms with van der Waals surface area (Å²) in [6, 6.07) is 80.5. The molecule has 0 radical (unpaired) electrons. The maximum atomic E-state index is 6.29. The molecule has 0 bridgehead atoms. The number of rotatable bonds is 4. The first kappa shape index (κ1) is 37.1. The predicted octanol–water partition coefficient (Wildman–Crippen LogP) is 18.1. The van der Waals surface area contributed by atoms with Gasteiger partial charge in [0.05, 0.1) is 0 Å². The van der Waals surface area contributed by atoms with Crippen molar-refractivity contribution in [2.24, 2.45) is 0 Å². The molecule has 3 aromatic heterocycles. The van der Waals surface area contributed by atoms with Crippen LogP contribution in [0.2, 0.25) is 0 Å². The average Bonchev–Trinajstić information content (AvgIpc) is 4.08. The van der Waals surface area contributed by atoms with Crippen molar-refractivity contribution in [1.29, 1.82) is 0 Å². The van der Waals surface area contributed by atoms with Gasteiger partial charge in [-0.3, -0.25) is 0 Å². The third-order valence-corrected chi connectivity index (χ3v) is 16.6. The Hall–Kier alpha value is -8.20. The molecule has 0 atom stereocenters. The van der Waals surface area contributed by atoms with Crippen molar-refractivity contribution >= 4 is 121 Å². The van der Waals surface area contributed by atoms with Crippen LogP contribution in [0.5, 0.6) is 0 Å². The number of hydrogen-bond acceptors (Lipinski definition) is 2. The molecule has 310 valence electrons. The minimum atomic E-state index is 0.164. The number of para-hydroxylation sites is 2. The molecule has 2 nitrogen and oxygen atoms in total. The first-order valence-corrected chi connectivity index (χ1v) is 24.6. The van der Waals surface area contributed by atoms with Gasteiger partial charge >= 0.3 is 340 Å². The Morgan fingerprint density at radius 3 is 1.04 bits per heavy atom. The molecule has 0 aliphatic rings. The third-order valence-electron chi connectivity index (χ3n) is 14.2. The standard InChI is InChI=1S/C64H36O2Se/c1-3-18-44-42(16-1)60(37-28-31-56-51(34-37)40-14-9-11-25-54(40)65-56)43-17-2-4-19-45(43)62(44)39-30-33-58-53(36-39)64-50(24-13-27-59(64)67-58)63-48-22-7-5-20-46(48)61(47-21-6-8-23-49(47)63)38-29-32-57-52(35-38)41-15-10-12-26-55(41)66-57/h1-36H. The van der Waals surface area contributed by atoms with Crippen LogP contribution < -0.4 is 0 Å². The molecule has 15 aromatic rings. The Bertz CT molecular complexity index is 4470. The zero-order chi connectivity index (χ0) is 43.7. The van der Waals surface area contributed by atoms with Crippen LogP contribution in [-0.2, 0) is 0 Å². The Morgan fingerprint density at radius 1 is 0.239 bits per heavy atom. The van der Waals surface area contributed by atoms with Gasteiger partial charge in [-0.2, -0.15) is 0 Å². The molecule has 0 spiro atoms. The van der Waals surface area contributed by atoms with Crippen LogP contribution in [0.3, 0.4) is 0 Å². The second kappa shape index (κ2) is 14.1. The van der Waals surface area contributed by atoms with E-state index in [2.05, 4.69) is 206 Å². The van der Waals surface area contributed by atoms with Crippen molar-refractivity contribution in [1.82, 2.24) is 0 Å². The van der Waals surface area contributed by atoms with Gasteiger partial charge in [0.2, 0.25) is 0 Å². The summed E-state index contributed by atoms with van der Waals surface area (Å²) < 4.78 is 15.4. The van der Waals surface area contributed by atoms with E-state index in [1.165, 1.54) is 107 Å². The molecule has 0 saturated heterocycles. The summed E-state index contributed by atoms with van der Waals surface area (Å²) in [5.41, 5.74) is 13.6. The van der Waals surface area contributed by atoms with Gasteiger partial charge in [0.15, 0.2) is 0 Å². The fourth-order valence-electron chi connectivity index (χ4n) is 11.4. The average molecular weight is 916 g/mol. The van der Waals surface area contributed by atoms with Crippen LogP contribution in [0.1, 0.15) is 0 Å². The van der Waals surface area contributed by atoms with E-state index >= 15 is 0 Å². The first-order valence-electron chi connectivity index (χ1n) is 22.9. The molecule has 0 fully saturated rings. The van der Waals surface area contributed by atoms with E-state index < -0.39 is 0 Å². The van der Waals surface area contributed by atoms with E-state index in [1.807, 2.05) is 12.1 Å². The number of benzene rings is 12. The van der Waals surface area contributed by atoms with Gasteiger partial charge < -0.3 is 4.42 Å². The molecule has 12 aromatic carbocycles. The molecule has 3 heteroatoms. The molecule has 0 amide bonds. The summed E-state index contributed by atoms with van der Waals surface area (Å²) >= 11 is 0.164. The fraction of sp³-hybridized carbons (Fsp3) is 0. The van der Waals surface area contributed by atoms with Gasteiger partial charge in [-0.15, -0.1) is 0 Å². The van der Waals surface area contributed by atoms with E-state index in [4.69, 9.17) is 8.83 Å². The van der Waals surface area contributed by atoms with E-state index in [0.29, 0.717) is 0 Å². The molecule has 3 heterocycles. The Labute approximate surface area is 390 Å². The van der Waals surface area contributed by atoms with Gasteiger partial charge in [0.1, 0.15) is 5.58 Å². The van der Waals surface area contributed by atoms with Crippen molar-refractivity contribution in [2.45, 2.75) is 0 Å². The molecule has 67 heavy (non-hydrogen) atoms. The third kappa shape index (κ3) is 5.39. The van der Waals surface area contributed by atoms with Crippen LogP contribution in [-0.4, -0.2) is 14.5 Å². The van der Waals surface area contributed by atoms with Crippen molar-refractivity contribution < 1.29 is 8.83 Å². The zero-order valence-corrected chi connectivity index (χ0v) is 37.7. The van der Waals surface area contributed by atoms with E-state index in [0.717, 1.165) is 43.9 Å². The molecule has 0 unspecified atom stereocenters. The molecule has 0 aliphatic heterocycles. The zero-order valence-electron chi connectivity index (χ0n) is 36.0. The number of hydrogen-bond donors (Lipinski definition) is 0. The van der Waals surface area contributed by atoms with Crippen LogP contribution in [0.15, 0.2) is 227 Å². The van der Waals surface area contributed by atoms with Gasteiger partial charge in [0.25, 0.3) is 0 Å². The second-order valence-electron chi connectivity index (χ2n) is 17.8. The molecular formula is C64H36O2Se. The van der Waals surface area contributed by atoms with Crippen molar-refractivity contribution in [3.8, 4) is 44.5 Å². The molecule has 0 aliphatic carbocycles. The number of furan rings is 2. The quantitative estimate of drug-likeness (QED) is 0.130. The molecule has 15 rings (SSSR count). The van der Waals surface area contributed by atoms with E-state index in [1.54, 1.807) is 0 Å². The molecule has 0 saturated carbocycles. The monoisotopic (exact) mass is 916 g/mol. The van der Waals surface area contributed by atoms with Crippen molar-refractivity contribution in [2.75, 3.05) is 0 Å². The van der Waals surface area contributed by atoms with Crippen LogP contribution in [0.4, 0.5) is 0 Å². The van der Waals surface area contributed by atoms with Crippen LogP contribution in [0.25, 0.3) is 151 Å². The fourth-order valence-corrected chi connectivity index (χ4v) is 13.8. The summed E-state index contributed by atoms with van der Waals surface area (Å²) in [7, 11) is 0. The number of fused-ring (bicyclic) bond motifs is 13. The van der Waals surface area contributed by atoms with Crippen LogP contribution >= 0.6 is 0 Å². The van der Waals surface area contributed by atoms with E-state index in [-0.39, 0.29) is 14.5 Å². The topological polar surface area (TPSA) is 26.3 Å². The Morgan fingerprint density at radius 2 is 0.597 bits per heavy atom. The second-order valence-corrected chi connectivity index (χ2v) is 20.1. The predicted molar refractivity (Wildman–Crippen MR) is 285 cm³/mol. The summed E-state index contributed by atoms with van der Waals surface area (Å²) in [5, 5.41) is 17.3. The van der Waals surface area contributed by atoms with E-state index in [9.17, 15) is 0 Å².